The van der Waals surface area contributed by atoms with E-state index >= 15 is 0 Å². The second-order valence-corrected chi connectivity index (χ2v) is 5.36. The van der Waals surface area contributed by atoms with E-state index in [4.69, 9.17) is 5.73 Å². The molecule has 17 heavy (non-hydrogen) atoms. The van der Waals surface area contributed by atoms with Gasteiger partial charge in [0.25, 0.3) is 0 Å². The summed E-state index contributed by atoms with van der Waals surface area (Å²) < 4.78 is 0. The van der Waals surface area contributed by atoms with Gasteiger partial charge in [0.15, 0.2) is 0 Å². The first-order valence-electron chi connectivity index (χ1n) is 6.75. The van der Waals surface area contributed by atoms with E-state index in [9.17, 15) is 4.79 Å². The van der Waals surface area contributed by atoms with E-state index in [1.54, 1.807) is 0 Å². The summed E-state index contributed by atoms with van der Waals surface area (Å²) in [5.74, 6) is 0.256. The molecule has 0 saturated carbocycles. The number of likely N-dealkylation sites (tertiary alicyclic amines) is 1. The minimum absolute atomic E-state index is 0.256. The molecule has 1 fully saturated rings. The summed E-state index contributed by atoms with van der Waals surface area (Å²) in [7, 11) is 0. The normalized spacial score (nSPS) is 20.2. The first-order valence-corrected chi connectivity index (χ1v) is 6.75. The van der Waals surface area contributed by atoms with Crippen molar-refractivity contribution < 1.29 is 4.79 Å². The van der Waals surface area contributed by atoms with E-state index in [2.05, 4.69) is 11.8 Å². The monoisotopic (exact) mass is 241 g/mol. The Kier molecular flexibility index (Phi) is 5.40. The zero-order valence-electron chi connectivity index (χ0n) is 11.5. The van der Waals surface area contributed by atoms with E-state index in [1.807, 2.05) is 18.7 Å². The lowest BCUT2D eigenvalue weighted by Gasteiger charge is -2.38. The Labute approximate surface area is 105 Å². The van der Waals surface area contributed by atoms with Crippen LogP contribution in [0.25, 0.3) is 0 Å². The molecule has 0 spiro atoms. The SMILES string of the molecule is CCN(CC)C(=O)CN1CCC(C)(CN)CC1. The van der Waals surface area contributed by atoms with Gasteiger partial charge in [0.1, 0.15) is 0 Å². The Balaban J connectivity index is 2.38. The number of hydrogen-bond donors (Lipinski definition) is 1. The molecule has 1 saturated heterocycles. The second-order valence-electron chi connectivity index (χ2n) is 5.36. The fraction of sp³-hybridized carbons (Fsp3) is 0.923. The van der Waals surface area contributed by atoms with Crippen molar-refractivity contribution in [1.82, 2.24) is 9.80 Å². The molecular formula is C13H27N3O. The maximum Gasteiger partial charge on any atom is 0.236 e. The molecule has 0 radical (unpaired) electrons. The number of carbonyl (C=O) groups is 1. The highest BCUT2D eigenvalue weighted by molar-refractivity contribution is 5.78. The summed E-state index contributed by atoms with van der Waals surface area (Å²) in [5.41, 5.74) is 6.07. The predicted octanol–water partition coefficient (Wildman–Crippen LogP) is 0.916. The van der Waals surface area contributed by atoms with Crippen molar-refractivity contribution >= 4 is 5.91 Å². The number of rotatable bonds is 5. The molecule has 1 aliphatic rings. The molecule has 0 atom stereocenters. The van der Waals surface area contributed by atoms with Gasteiger partial charge in [-0.1, -0.05) is 6.92 Å². The van der Waals surface area contributed by atoms with Crippen molar-refractivity contribution in [2.45, 2.75) is 33.6 Å². The van der Waals surface area contributed by atoms with Gasteiger partial charge in [0.05, 0.1) is 6.54 Å². The molecule has 0 aromatic rings. The Morgan fingerprint density at radius 3 is 2.24 bits per heavy atom. The topological polar surface area (TPSA) is 49.6 Å². The summed E-state index contributed by atoms with van der Waals surface area (Å²) in [6, 6.07) is 0. The number of piperidine rings is 1. The van der Waals surface area contributed by atoms with Gasteiger partial charge in [-0.25, -0.2) is 0 Å². The maximum atomic E-state index is 12.0. The number of nitrogens with two attached hydrogens (primary N) is 1. The third-order valence-electron chi connectivity index (χ3n) is 4.03. The molecule has 4 heteroatoms. The average Bonchev–Trinajstić information content (AvgIpc) is 2.34. The zero-order valence-corrected chi connectivity index (χ0v) is 11.5. The van der Waals surface area contributed by atoms with Crippen LogP contribution in [0, 0.1) is 5.41 Å². The lowest BCUT2D eigenvalue weighted by Crippen LogP contribution is -2.46. The molecule has 1 aliphatic heterocycles. The van der Waals surface area contributed by atoms with E-state index in [-0.39, 0.29) is 11.3 Å². The number of amides is 1. The molecule has 0 aromatic heterocycles. The smallest absolute Gasteiger partial charge is 0.236 e. The molecule has 4 nitrogen and oxygen atoms in total. The number of nitrogens with zero attached hydrogens (tertiary/aromatic N) is 2. The quantitative estimate of drug-likeness (QED) is 0.778. The Morgan fingerprint density at radius 2 is 1.82 bits per heavy atom. The van der Waals surface area contributed by atoms with Crippen molar-refractivity contribution in [1.29, 1.82) is 0 Å². The van der Waals surface area contributed by atoms with Gasteiger partial charge in [-0.05, 0) is 51.7 Å². The summed E-state index contributed by atoms with van der Waals surface area (Å²) in [6.07, 6.45) is 2.21. The number of hydrogen-bond acceptors (Lipinski definition) is 3. The predicted molar refractivity (Wildman–Crippen MR) is 70.8 cm³/mol. The van der Waals surface area contributed by atoms with Crippen LogP contribution in [0.2, 0.25) is 0 Å². The third kappa shape index (κ3) is 3.96. The van der Waals surface area contributed by atoms with Crippen molar-refractivity contribution in [2.75, 3.05) is 39.3 Å². The molecule has 0 aliphatic carbocycles. The Hall–Kier alpha value is -0.610. The molecule has 0 unspecified atom stereocenters. The van der Waals surface area contributed by atoms with Gasteiger partial charge >= 0.3 is 0 Å². The highest BCUT2D eigenvalue weighted by Gasteiger charge is 2.29. The van der Waals surface area contributed by atoms with Crippen molar-refractivity contribution in [3.05, 3.63) is 0 Å². The fourth-order valence-electron chi connectivity index (χ4n) is 2.32. The summed E-state index contributed by atoms with van der Waals surface area (Å²) in [4.78, 5) is 16.1. The molecule has 1 amide bonds. The molecule has 100 valence electrons. The van der Waals surface area contributed by atoms with Gasteiger partial charge in [-0.2, -0.15) is 0 Å². The highest BCUT2D eigenvalue weighted by Crippen LogP contribution is 2.29. The minimum atomic E-state index is 0.256. The van der Waals surface area contributed by atoms with Crippen LogP contribution in [0.5, 0.6) is 0 Å². The Bertz CT molecular complexity index is 243. The van der Waals surface area contributed by atoms with Gasteiger partial charge in [-0.15, -0.1) is 0 Å². The molecule has 1 rings (SSSR count). The van der Waals surface area contributed by atoms with Crippen LogP contribution in [0.3, 0.4) is 0 Å². The number of likely N-dealkylation sites (N-methyl/N-ethyl adjacent to an activating group) is 1. The lowest BCUT2D eigenvalue weighted by molar-refractivity contribution is -0.132. The molecule has 1 heterocycles. The first-order chi connectivity index (χ1) is 8.04. The molecule has 2 N–H and O–H groups in total. The van der Waals surface area contributed by atoms with Crippen LogP contribution in [0.4, 0.5) is 0 Å². The lowest BCUT2D eigenvalue weighted by atomic mass is 9.80. The van der Waals surface area contributed by atoms with E-state index in [0.29, 0.717) is 6.54 Å². The summed E-state index contributed by atoms with van der Waals surface area (Å²) >= 11 is 0. The minimum Gasteiger partial charge on any atom is -0.342 e. The molecule has 0 aromatic carbocycles. The van der Waals surface area contributed by atoms with Crippen LogP contribution in [-0.4, -0.2) is 55.0 Å². The summed E-state index contributed by atoms with van der Waals surface area (Å²) in [5, 5.41) is 0. The molecular weight excluding hydrogens is 214 g/mol. The van der Waals surface area contributed by atoms with Gasteiger partial charge < -0.3 is 10.6 Å². The highest BCUT2D eigenvalue weighted by atomic mass is 16.2. The van der Waals surface area contributed by atoms with Crippen LogP contribution >= 0.6 is 0 Å². The number of carbonyl (C=O) groups excluding carboxylic acids is 1. The van der Waals surface area contributed by atoms with E-state index < -0.39 is 0 Å². The second kappa shape index (κ2) is 6.36. The van der Waals surface area contributed by atoms with Gasteiger partial charge in [0.2, 0.25) is 5.91 Å². The standard InChI is InChI=1S/C13H27N3O/c1-4-16(5-2)12(17)10-15-8-6-13(3,11-14)7-9-15/h4-11,14H2,1-3H3. The fourth-order valence-corrected chi connectivity index (χ4v) is 2.32. The van der Waals surface area contributed by atoms with E-state index in [1.165, 1.54) is 0 Å². The Morgan fingerprint density at radius 1 is 1.29 bits per heavy atom. The van der Waals surface area contributed by atoms with Crippen LogP contribution in [0.15, 0.2) is 0 Å². The summed E-state index contributed by atoms with van der Waals surface area (Å²) in [6.45, 7) is 11.3. The zero-order chi connectivity index (χ0) is 12.9. The van der Waals surface area contributed by atoms with Crippen LogP contribution in [0.1, 0.15) is 33.6 Å². The van der Waals surface area contributed by atoms with Crippen molar-refractivity contribution in [3.63, 3.8) is 0 Å². The van der Waals surface area contributed by atoms with Crippen LogP contribution < -0.4 is 5.73 Å². The average molecular weight is 241 g/mol. The van der Waals surface area contributed by atoms with Crippen LogP contribution in [-0.2, 0) is 4.79 Å². The van der Waals surface area contributed by atoms with E-state index in [0.717, 1.165) is 45.6 Å². The van der Waals surface area contributed by atoms with Gasteiger partial charge in [-0.3, -0.25) is 9.69 Å². The maximum absolute atomic E-state index is 12.0. The van der Waals surface area contributed by atoms with Crippen molar-refractivity contribution in [2.24, 2.45) is 11.1 Å². The largest absolute Gasteiger partial charge is 0.342 e. The third-order valence-corrected chi connectivity index (χ3v) is 4.03. The van der Waals surface area contributed by atoms with Crippen molar-refractivity contribution in [3.8, 4) is 0 Å². The van der Waals surface area contributed by atoms with Gasteiger partial charge in [0, 0.05) is 13.1 Å². The first kappa shape index (κ1) is 14.5. The molecule has 0 bridgehead atoms.